The zero-order chi connectivity index (χ0) is 13.7. The van der Waals surface area contributed by atoms with Gasteiger partial charge < -0.3 is 15.8 Å². The van der Waals surface area contributed by atoms with Crippen LogP contribution in [0.5, 0.6) is 5.75 Å². The van der Waals surface area contributed by atoms with Gasteiger partial charge in [0.1, 0.15) is 5.75 Å². The van der Waals surface area contributed by atoms with E-state index >= 15 is 0 Å². The predicted molar refractivity (Wildman–Crippen MR) is 74.8 cm³/mol. The molecular weight excluding hydrogens is 240 g/mol. The summed E-state index contributed by atoms with van der Waals surface area (Å²) in [5.41, 5.74) is 6.66. The van der Waals surface area contributed by atoms with Gasteiger partial charge in [-0.25, -0.2) is 0 Å². The normalized spacial score (nSPS) is 23.0. The van der Waals surface area contributed by atoms with E-state index in [-0.39, 0.29) is 17.9 Å². The number of amides is 1. The van der Waals surface area contributed by atoms with Gasteiger partial charge >= 0.3 is 0 Å². The van der Waals surface area contributed by atoms with E-state index in [9.17, 15) is 4.79 Å². The summed E-state index contributed by atoms with van der Waals surface area (Å²) < 4.78 is 5.13. The topological polar surface area (TPSA) is 64.3 Å². The summed E-state index contributed by atoms with van der Waals surface area (Å²) in [6, 6.07) is 8.18. The molecule has 2 rings (SSSR count). The number of carbonyl (C=O) groups is 1. The minimum atomic E-state index is -0.174. The molecule has 0 radical (unpaired) electrons. The Labute approximate surface area is 114 Å². The van der Waals surface area contributed by atoms with Gasteiger partial charge in [0.25, 0.3) is 0 Å². The van der Waals surface area contributed by atoms with Gasteiger partial charge in [-0.1, -0.05) is 25.0 Å². The van der Waals surface area contributed by atoms with Crippen molar-refractivity contribution in [3.8, 4) is 5.75 Å². The highest BCUT2D eigenvalue weighted by molar-refractivity contribution is 5.77. The maximum absolute atomic E-state index is 11.4. The Morgan fingerprint density at radius 3 is 2.63 bits per heavy atom. The Kier molecular flexibility index (Phi) is 4.80. The Bertz CT molecular complexity index is 417. The van der Waals surface area contributed by atoms with Gasteiger partial charge in [-0.15, -0.1) is 0 Å². The highest BCUT2D eigenvalue weighted by Gasteiger charge is 2.28. The maximum atomic E-state index is 11.4. The van der Waals surface area contributed by atoms with Crippen molar-refractivity contribution in [2.24, 2.45) is 11.7 Å². The van der Waals surface area contributed by atoms with Crippen LogP contribution in [0.3, 0.4) is 0 Å². The van der Waals surface area contributed by atoms with Gasteiger partial charge in [-0.05, 0) is 30.5 Å². The van der Waals surface area contributed by atoms with Crippen molar-refractivity contribution in [2.45, 2.75) is 38.3 Å². The first kappa shape index (κ1) is 13.9. The van der Waals surface area contributed by atoms with E-state index in [2.05, 4.69) is 5.32 Å². The molecule has 1 aromatic carbocycles. The molecule has 1 saturated carbocycles. The predicted octanol–water partition coefficient (Wildman–Crippen LogP) is 1.83. The SMILES string of the molecule is COc1ccc(CN[C@@H]2CCCC[C@H]2C(N)=O)cc1. The standard InChI is InChI=1S/C15H22N2O2/c1-19-12-8-6-11(7-9-12)10-17-14-5-3-2-4-13(14)15(16)18/h6-9,13-14,17H,2-5,10H2,1H3,(H2,16,18)/t13-,14-/m1/s1. The zero-order valence-corrected chi connectivity index (χ0v) is 11.4. The molecule has 0 unspecified atom stereocenters. The smallest absolute Gasteiger partial charge is 0.222 e. The Morgan fingerprint density at radius 1 is 1.32 bits per heavy atom. The van der Waals surface area contributed by atoms with Crippen LogP contribution < -0.4 is 15.8 Å². The number of methoxy groups -OCH3 is 1. The lowest BCUT2D eigenvalue weighted by molar-refractivity contribution is -0.123. The highest BCUT2D eigenvalue weighted by atomic mass is 16.5. The molecular formula is C15H22N2O2. The van der Waals surface area contributed by atoms with Crippen LogP contribution in [-0.2, 0) is 11.3 Å². The molecule has 19 heavy (non-hydrogen) atoms. The lowest BCUT2D eigenvalue weighted by atomic mass is 9.84. The fourth-order valence-corrected chi connectivity index (χ4v) is 2.71. The van der Waals surface area contributed by atoms with Gasteiger partial charge in [0.05, 0.1) is 13.0 Å². The molecule has 0 saturated heterocycles. The zero-order valence-electron chi connectivity index (χ0n) is 11.4. The molecule has 0 aliphatic heterocycles. The number of hydrogen-bond donors (Lipinski definition) is 2. The second-order valence-corrected chi connectivity index (χ2v) is 5.13. The van der Waals surface area contributed by atoms with Crippen LogP contribution in [0.15, 0.2) is 24.3 Å². The van der Waals surface area contributed by atoms with E-state index in [0.29, 0.717) is 0 Å². The number of nitrogens with one attached hydrogen (secondary N) is 1. The summed E-state index contributed by atoms with van der Waals surface area (Å²) in [5.74, 6) is 0.662. The van der Waals surface area contributed by atoms with E-state index in [0.717, 1.165) is 31.6 Å². The number of benzene rings is 1. The van der Waals surface area contributed by atoms with E-state index in [1.807, 2.05) is 24.3 Å². The number of rotatable bonds is 5. The van der Waals surface area contributed by atoms with Crippen LogP contribution in [0, 0.1) is 5.92 Å². The molecule has 1 amide bonds. The molecule has 0 heterocycles. The van der Waals surface area contributed by atoms with Crippen LogP contribution in [0.4, 0.5) is 0 Å². The fraction of sp³-hybridized carbons (Fsp3) is 0.533. The number of hydrogen-bond acceptors (Lipinski definition) is 3. The number of nitrogens with two attached hydrogens (primary N) is 1. The monoisotopic (exact) mass is 262 g/mol. The van der Waals surface area contributed by atoms with Crippen molar-refractivity contribution in [3.63, 3.8) is 0 Å². The Balaban J connectivity index is 1.90. The molecule has 1 aromatic rings. The van der Waals surface area contributed by atoms with Crippen molar-refractivity contribution in [1.82, 2.24) is 5.32 Å². The fourth-order valence-electron chi connectivity index (χ4n) is 2.71. The minimum absolute atomic E-state index is 0.0213. The van der Waals surface area contributed by atoms with E-state index in [1.165, 1.54) is 12.0 Å². The quantitative estimate of drug-likeness (QED) is 0.851. The van der Waals surface area contributed by atoms with Gasteiger partial charge in [0.15, 0.2) is 0 Å². The average molecular weight is 262 g/mol. The van der Waals surface area contributed by atoms with E-state index in [1.54, 1.807) is 7.11 Å². The first-order valence-electron chi connectivity index (χ1n) is 6.86. The lowest BCUT2D eigenvalue weighted by Gasteiger charge is -2.30. The summed E-state index contributed by atoms with van der Waals surface area (Å²) >= 11 is 0. The van der Waals surface area contributed by atoms with Crippen molar-refractivity contribution in [1.29, 1.82) is 0 Å². The summed E-state index contributed by atoms with van der Waals surface area (Å²) in [4.78, 5) is 11.4. The van der Waals surface area contributed by atoms with Crippen LogP contribution in [-0.4, -0.2) is 19.1 Å². The Hall–Kier alpha value is -1.55. The van der Waals surface area contributed by atoms with Crippen LogP contribution in [0.2, 0.25) is 0 Å². The first-order valence-corrected chi connectivity index (χ1v) is 6.86. The second kappa shape index (κ2) is 6.57. The van der Waals surface area contributed by atoms with Crippen molar-refractivity contribution in [2.75, 3.05) is 7.11 Å². The number of carbonyl (C=O) groups excluding carboxylic acids is 1. The average Bonchev–Trinajstić information content (AvgIpc) is 2.46. The third-order valence-corrected chi connectivity index (χ3v) is 3.86. The molecule has 1 fully saturated rings. The molecule has 0 spiro atoms. The van der Waals surface area contributed by atoms with Crippen molar-refractivity contribution >= 4 is 5.91 Å². The summed E-state index contributed by atoms with van der Waals surface area (Å²) in [6.07, 6.45) is 4.22. The largest absolute Gasteiger partial charge is 0.497 e. The molecule has 0 aromatic heterocycles. The first-order chi connectivity index (χ1) is 9.20. The molecule has 3 N–H and O–H groups in total. The molecule has 104 valence electrons. The van der Waals surface area contributed by atoms with Gasteiger partial charge in [-0.2, -0.15) is 0 Å². The van der Waals surface area contributed by atoms with Gasteiger partial charge in [-0.3, -0.25) is 4.79 Å². The van der Waals surface area contributed by atoms with Crippen LogP contribution in [0.1, 0.15) is 31.2 Å². The number of ether oxygens (including phenoxy) is 1. The highest BCUT2D eigenvalue weighted by Crippen LogP contribution is 2.24. The number of primary amides is 1. The van der Waals surface area contributed by atoms with Gasteiger partial charge in [0.2, 0.25) is 5.91 Å². The Morgan fingerprint density at radius 2 is 2.00 bits per heavy atom. The maximum Gasteiger partial charge on any atom is 0.222 e. The summed E-state index contributed by atoms with van der Waals surface area (Å²) in [6.45, 7) is 0.762. The lowest BCUT2D eigenvalue weighted by Crippen LogP contribution is -2.44. The van der Waals surface area contributed by atoms with Crippen LogP contribution >= 0.6 is 0 Å². The molecule has 1 aliphatic rings. The summed E-state index contributed by atoms with van der Waals surface area (Å²) in [5, 5.41) is 3.47. The molecule has 2 atom stereocenters. The molecule has 4 heteroatoms. The van der Waals surface area contributed by atoms with Gasteiger partial charge in [0, 0.05) is 12.6 Å². The second-order valence-electron chi connectivity index (χ2n) is 5.13. The third kappa shape index (κ3) is 3.70. The molecule has 4 nitrogen and oxygen atoms in total. The summed E-state index contributed by atoms with van der Waals surface area (Å²) in [7, 11) is 1.66. The van der Waals surface area contributed by atoms with E-state index in [4.69, 9.17) is 10.5 Å². The molecule has 0 bridgehead atoms. The van der Waals surface area contributed by atoms with Crippen LogP contribution in [0.25, 0.3) is 0 Å². The minimum Gasteiger partial charge on any atom is -0.497 e. The van der Waals surface area contributed by atoms with Crippen molar-refractivity contribution < 1.29 is 9.53 Å². The third-order valence-electron chi connectivity index (χ3n) is 3.86. The van der Waals surface area contributed by atoms with E-state index < -0.39 is 0 Å². The van der Waals surface area contributed by atoms with Crippen molar-refractivity contribution in [3.05, 3.63) is 29.8 Å². The molecule has 1 aliphatic carbocycles.